The van der Waals surface area contributed by atoms with Crippen LogP contribution >= 0.6 is 11.6 Å². The predicted octanol–water partition coefficient (Wildman–Crippen LogP) is 1.34. The zero-order valence-electron chi connectivity index (χ0n) is 15.7. The molecule has 2 aliphatic rings. The Morgan fingerprint density at radius 2 is 1.93 bits per heavy atom. The van der Waals surface area contributed by atoms with Crippen molar-refractivity contribution in [3.8, 4) is 11.5 Å². The Kier molecular flexibility index (Phi) is 5.82. The zero-order chi connectivity index (χ0) is 20.2. The van der Waals surface area contributed by atoms with Gasteiger partial charge in [0.2, 0.25) is 12.7 Å². The highest BCUT2D eigenvalue weighted by Crippen LogP contribution is 2.34. The van der Waals surface area contributed by atoms with Crippen molar-refractivity contribution < 1.29 is 24.0 Å². The molecule has 0 unspecified atom stereocenters. The maximum atomic E-state index is 12.6. The van der Waals surface area contributed by atoms with Crippen LogP contribution in [0.25, 0.3) is 0 Å². The van der Waals surface area contributed by atoms with Crippen LogP contribution in [0.2, 0.25) is 5.15 Å². The highest BCUT2D eigenvalue weighted by Gasteiger charge is 2.29. The van der Waals surface area contributed by atoms with Gasteiger partial charge in [-0.3, -0.25) is 9.59 Å². The van der Waals surface area contributed by atoms with Crippen LogP contribution in [0.5, 0.6) is 11.5 Å². The molecular weight excluding hydrogens is 396 g/mol. The number of aromatic nitrogens is 1. The van der Waals surface area contributed by atoms with Crippen molar-refractivity contribution in [3.63, 3.8) is 0 Å². The third-order valence-electron chi connectivity index (χ3n) is 5.15. The van der Waals surface area contributed by atoms with E-state index in [-0.39, 0.29) is 29.7 Å². The Morgan fingerprint density at radius 1 is 1.14 bits per heavy atom. The highest BCUT2D eigenvalue weighted by atomic mass is 35.5. The molecule has 1 fully saturated rings. The third kappa shape index (κ3) is 4.78. The minimum absolute atomic E-state index is 0.00508. The Balaban J connectivity index is 1.24. The van der Waals surface area contributed by atoms with Crippen molar-refractivity contribution in [2.75, 3.05) is 37.1 Å². The van der Waals surface area contributed by atoms with E-state index >= 15 is 0 Å². The molecule has 0 radical (unpaired) electrons. The average Bonchev–Trinajstić information content (AvgIpc) is 3.18. The van der Waals surface area contributed by atoms with Crippen molar-refractivity contribution in [2.24, 2.45) is 5.92 Å². The number of fused-ring (bicyclic) bond motifs is 1. The van der Waals surface area contributed by atoms with Gasteiger partial charge >= 0.3 is 0 Å². The summed E-state index contributed by atoms with van der Waals surface area (Å²) in [5.41, 5.74) is 1.21. The first-order chi connectivity index (χ1) is 14.1. The molecule has 2 aromatic rings. The molecule has 2 aliphatic heterocycles. The lowest BCUT2D eigenvalue weighted by Gasteiger charge is -2.28. The van der Waals surface area contributed by atoms with Crippen LogP contribution in [-0.2, 0) is 9.59 Å². The molecule has 1 aromatic heterocycles. The Labute approximate surface area is 173 Å². The number of nitrogens with zero attached hydrogens (tertiary/aromatic N) is 1. The number of benzene rings is 1. The minimum atomic E-state index is -0.113. The summed E-state index contributed by atoms with van der Waals surface area (Å²) < 4.78 is 10.6. The summed E-state index contributed by atoms with van der Waals surface area (Å²) >= 11 is 5.97. The number of hydrogen-bond acceptors (Lipinski definition) is 5. The lowest BCUT2D eigenvalue weighted by molar-refractivity contribution is -0.897. The number of hydrogen-bond donors (Lipinski definition) is 3. The second-order valence-electron chi connectivity index (χ2n) is 7.15. The molecule has 29 heavy (non-hydrogen) atoms. The molecule has 0 spiro atoms. The number of amides is 2. The SMILES string of the molecule is O=C(C[NH+]1CCC(C(=O)Nc2ccc3c(c2)OCO3)CC1)Nc1cccnc1Cl. The van der Waals surface area contributed by atoms with Crippen molar-refractivity contribution >= 4 is 34.8 Å². The number of nitrogens with one attached hydrogen (secondary N) is 3. The van der Waals surface area contributed by atoms with E-state index in [4.69, 9.17) is 21.1 Å². The van der Waals surface area contributed by atoms with Crippen LogP contribution in [-0.4, -0.2) is 43.2 Å². The summed E-state index contributed by atoms with van der Waals surface area (Å²) in [6, 6.07) is 8.81. The number of carbonyl (C=O) groups excluding carboxylic acids is 2. The molecule has 152 valence electrons. The van der Waals surface area contributed by atoms with Crippen LogP contribution in [0.15, 0.2) is 36.5 Å². The maximum absolute atomic E-state index is 12.6. The van der Waals surface area contributed by atoms with Crippen molar-refractivity contribution in [2.45, 2.75) is 12.8 Å². The number of carbonyl (C=O) groups is 2. The number of quaternary nitrogens is 1. The molecule has 0 aliphatic carbocycles. The van der Waals surface area contributed by atoms with Gasteiger partial charge in [-0.15, -0.1) is 0 Å². The monoisotopic (exact) mass is 417 g/mol. The Morgan fingerprint density at radius 3 is 2.72 bits per heavy atom. The van der Waals surface area contributed by atoms with Gasteiger partial charge < -0.3 is 25.0 Å². The molecule has 4 rings (SSSR count). The molecule has 1 saturated heterocycles. The fourth-order valence-corrected chi connectivity index (χ4v) is 3.75. The molecular formula is C20H22ClN4O4+. The lowest BCUT2D eigenvalue weighted by atomic mass is 9.95. The first-order valence-corrected chi connectivity index (χ1v) is 9.91. The molecule has 2 amide bonds. The largest absolute Gasteiger partial charge is 0.454 e. The van der Waals surface area contributed by atoms with Gasteiger partial charge in [0.15, 0.2) is 23.2 Å². The van der Waals surface area contributed by atoms with Crippen LogP contribution in [0.3, 0.4) is 0 Å². The van der Waals surface area contributed by atoms with Crippen LogP contribution in [0.4, 0.5) is 11.4 Å². The molecule has 0 bridgehead atoms. The van der Waals surface area contributed by atoms with Gasteiger partial charge in [-0.2, -0.15) is 0 Å². The lowest BCUT2D eigenvalue weighted by Crippen LogP contribution is -3.14. The van der Waals surface area contributed by atoms with Crippen molar-refractivity contribution in [1.29, 1.82) is 0 Å². The van der Waals surface area contributed by atoms with Crippen molar-refractivity contribution in [1.82, 2.24) is 4.98 Å². The van der Waals surface area contributed by atoms with Gasteiger partial charge in [0.1, 0.15) is 0 Å². The summed E-state index contributed by atoms with van der Waals surface area (Å²) in [6.07, 6.45) is 3.03. The zero-order valence-corrected chi connectivity index (χ0v) is 16.5. The number of rotatable bonds is 5. The standard InChI is InChI=1S/C20H21ClN4O4/c21-19-15(2-1-7-22-19)24-18(26)11-25-8-5-13(6-9-25)20(27)23-14-3-4-16-17(10-14)29-12-28-16/h1-4,7,10,13H,5-6,8-9,11-12H2,(H,23,27)(H,24,26)/p+1. The molecule has 1 aromatic carbocycles. The van der Waals surface area contributed by atoms with Gasteiger partial charge in [0.05, 0.1) is 18.8 Å². The number of likely N-dealkylation sites (tertiary alicyclic amines) is 1. The van der Waals surface area contributed by atoms with E-state index < -0.39 is 0 Å². The second kappa shape index (κ2) is 8.67. The first kappa shape index (κ1) is 19.5. The summed E-state index contributed by atoms with van der Waals surface area (Å²) in [5.74, 6) is 1.14. The summed E-state index contributed by atoms with van der Waals surface area (Å²) in [7, 11) is 0. The smallest absolute Gasteiger partial charge is 0.279 e. The topological polar surface area (TPSA) is 94.0 Å². The van der Waals surface area contributed by atoms with Gasteiger partial charge in [-0.25, -0.2) is 4.98 Å². The van der Waals surface area contributed by atoms with E-state index in [1.807, 2.05) is 0 Å². The molecule has 3 heterocycles. The average molecular weight is 418 g/mol. The van der Waals surface area contributed by atoms with E-state index in [2.05, 4.69) is 15.6 Å². The summed E-state index contributed by atoms with van der Waals surface area (Å²) in [6.45, 7) is 2.05. The summed E-state index contributed by atoms with van der Waals surface area (Å²) in [5, 5.41) is 6.01. The van der Waals surface area contributed by atoms with Gasteiger partial charge in [0.25, 0.3) is 5.91 Å². The van der Waals surface area contributed by atoms with Crippen LogP contribution < -0.4 is 25.0 Å². The Bertz CT molecular complexity index is 915. The molecule has 0 atom stereocenters. The Hall–Kier alpha value is -2.84. The van der Waals surface area contributed by atoms with E-state index in [9.17, 15) is 9.59 Å². The number of pyridine rings is 1. The predicted molar refractivity (Wildman–Crippen MR) is 107 cm³/mol. The maximum Gasteiger partial charge on any atom is 0.279 e. The number of halogens is 1. The normalized spacial score (nSPS) is 20.2. The minimum Gasteiger partial charge on any atom is -0.454 e. The van der Waals surface area contributed by atoms with Crippen LogP contribution in [0.1, 0.15) is 12.8 Å². The fourth-order valence-electron chi connectivity index (χ4n) is 3.58. The van der Waals surface area contributed by atoms with E-state index in [0.29, 0.717) is 29.4 Å². The summed E-state index contributed by atoms with van der Waals surface area (Å²) in [4.78, 5) is 29.9. The van der Waals surface area contributed by atoms with Gasteiger partial charge in [-0.1, -0.05) is 11.6 Å². The third-order valence-corrected chi connectivity index (χ3v) is 5.45. The van der Waals surface area contributed by atoms with Gasteiger partial charge in [0, 0.05) is 36.7 Å². The molecule has 8 nitrogen and oxygen atoms in total. The second-order valence-corrected chi connectivity index (χ2v) is 7.51. The quantitative estimate of drug-likeness (QED) is 0.638. The number of anilines is 2. The first-order valence-electron chi connectivity index (χ1n) is 9.53. The van der Waals surface area contributed by atoms with E-state index in [1.165, 1.54) is 0 Å². The van der Waals surface area contributed by atoms with Gasteiger partial charge in [-0.05, 0) is 24.3 Å². The molecule has 9 heteroatoms. The van der Waals surface area contributed by atoms with Crippen LogP contribution in [0, 0.1) is 5.92 Å². The fraction of sp³-hybridized carbons (Fsp3) is 0.350. The van der Waals surface area contributed by atoms with E-state index in [1.54, 1.807) is 36.5 Å². The number of piperidine rings is 1. The van der Waals surface area contributed by atoms with Crippen molar-refractivity contribution in [3.05, 3.63) is 41.7 Å². The molecule has 3 N–H and O–H groups in total. The number of ether oxygens (including phenoxy) is 2. The molecule has 0 saturated carbocycles. The highest BCUT2D eigenvalue weighted by molar-refractivity contribution is 6.32. The van der Waals surface area contributed by atoms with E-state index in [0.717, 1.165) is 30.8 Å².